The van der Waals surface area contributed by atoms with E-state index < -0.39 is 0 Å². The highest BCUT2D eigenvalue weighted by Crippen LogP contribution is 2.21. The van der Waals surface area contributed by atoms with E-state index in [2.05, 4.69) is 0 Å². The number of ketones is 1. The summed E-state index contributed by atoms with van der Waals surface area (Å²) in [6.07, 6.45) is 0. The molecule has 1 saturated heterocycles. The first kappa shape index (κ1) is 11.3. The molecule has 88 valence electrons. The lowest BCUT2D eigenvalue weighted by Gasteiger charge is -2.14. The van der Waals surface area contributed by atoms with Gasteiger partial charge in [0.25, 0.3) is 5.91 Å². The molecule has 1 aromatic rings. The molecule has 3 amide bonds. The van der Waals surface area contributed by atoms with E-state index in [1.165, 1.54) is 11.8 Å². The smallest absolute Gasteiger partial charge is 0.318 e. The Labute approximate surface area is 98.6 Å². The normalized spacial score (nSPS) is 15.6. The zero-order valence-electron chi connectivity index (χ0n) is 9.64. The molecule has 17 heavy (non-hydrogen) atoms. The topological polar surface area (TPSA) is 57.7 Å². The number of imide groups is 1. The van der Waals surface area contributed by atoms with Crippen molar-refractivity contribution in [2.75, 3.05) is 18.5 Å². The maximum atomic E-state index is 11.7. The lowest BCUT2D eigenvalue weighted by Crippen LogP contribution is -2.31. The molecule has 1 aliphatic rings. The minimum atomic E-state index is -0.342. The number of hydrogen-bond donors (Lipinski definition) is 0. The predicted octanol–water partition coefficient (Wildman–Crippen LogP) is 1.29. The number of likely N-dealkylation sites (N-methyl/N-ethyl adjacent to an activating group) is 1. The fraction of sp³-hybridized carbons (Fsp3) is 0.250. The summed E-state index contributed by atoms with van der Waals surface area (Å²) in [5.41, 5.74) is 1.05. The number of urea groups is 1. The predicted molar refractivity (Wildman–Crippen MR) is 62.0 cm³/mol. The number of benzene rings is 1. The van der Waals surface area contributed by atoms with Gasteiger partial charge in [0.15, 0.2) is 5.78 Å². The molecule has 5 heteroatoms. The van der Waals surface area contributed by atoms with Gasteiger partial charge in [-0.05, 0) is 31.2 Å². The highest BCUT2D eigenvalue weighted by atomic mass is 16.2. The molecule has 1 heterocycles. The summed E-state index contributed by atoms with van der Waals surface area (Å²) >= 11 is 0. The number of Topliss-reactive ketones (excluding diaryl/α,β-unsaturated/α-hetero) is 1. The first-order valence-corrected chi connectivity index (χ1v) is 5.20. The Morgan fingerprint density at radius 3 is 2.18 bits per heavy atom. The molecule has 0 spiro atoms. The molecule has 0 aliphatic carbocycles. The monoisotopic (exact) mass is 232 g/mol. The van der Waals surface area contributed by atoms with Crippen LogP contribution in [0.1, 0.15) is 17.3 Å². The van der Waals surface area contributed by atoms with Crippen LogP contribution in [0.3, 0.4) is 0 Å². The molecule has 2 rings (SSSR count). The number of carbonyl (C=O) groups excluding carboxylic acids is 3. The second-order valence-corrected chi connectivity index (χ2v) is 3.97. The summed E-state index contributed by atoms with van der Waals surface area (Å²) < 4.78 is 0. The Kier molecular flexibility index (Phi) is 2.67. The zero-order valence-corrected chi connectivity index (χ0v) is 9.64. The van der Waals surface area contributed by atoms with Crippen LogP contribution in [0.4, 0.5) is 10.5 Å². The molecular formula is C12H12N2O3. The van der Waals surface area contributed by atoms with E-state index in [0.29, 0.717) is 11.3 Å². The van der Waals surface area contributed by atoms with Crippen molar-refractivity contribution >= 4 is 23.4 Å². The van der Waals surface area contributed by atoms with E-state index in [-0.39, 0.29) is 24.3 Å². The van der Waals surface area contributed by atoms with E-state index in [0.717, 1.165) is 4.90 Å². The summed E-state index contributed by atoms with van der Waals surface area (Å²) in [4.78, 5) is 36.9. The van der Waals surface area contributed by atoms with E-state index in [1.54, 1.807) is 31.3 Å². The van der Waals surface area contributed by atoms with Gasteiger partial charge in [-0.15, -0.1) is 0 Å². The lowest BCUT2D eigenvalue weighted by molar-refractivity contribution is -0.116. The average Bonchev–Trinajstić information content (AvgIpc) is 2.53. The van der Waals surface area contributed by atoms with Gasteiger partial charge >= 0.3 is 6.03 Å². The van der Waals surface area contributed by atoms with Gasteiger partial charge in [-0.3, -0.25) is 9.59 Å². The minimum absolute atomic E-state index is 0.0484. The summed E-state index contributed by atoms with van der Waals surface area (Å²) in [5.74, 6) is -0.305. The van der Waals surface area contributed by atoms with Crippen LogP contribution in [0.25, 0.3) is 0 Å². The van der Waals surface area contributed by atoms with Crippen LogP contribution < -0.4 is 4.90 Å². The molecule has 0 radical (unpaired) electrons. The SMILES string of the molecule is CC(=O)c1ccc(N2C(=O)CN(C)C2=O)cc1. The Morgan fingerprint density at radius 2 is 1.76 bits per heavy atom. The summed E-state index contributed by atoms with van der Waals surface area (Å²) in [7, 11) is 1.57. The van der Waals surface area contributed by atoms with Gasteiger partial charge in [0, 0.05) is 12.6 Å². The molecule has 0 unspecified atom stereocenters. The van der Waals surface area contributed by atoms with Crippen molar-refractivity contribution in [2.24, 2.45) is 0 Å². The second-order valence-electron chi connectivity index (χ2n) is 3.97. The number of carbonyl (C=O) groups is 3. The van der Waals surface area contributed by atoms with E-state index >= 15 is 0 Å². The van der Waals surface area contributed by atoms with Crippen LogP contribution in [-0.2, 0) is 4.79 Å². The largest absolute Gasteiger partial charge is 0.331 e. The zero-order chi connectivity index (χ0) is 12.6. The highest BCUT2D eigenvalue weighted by molar-refractivity contribution is 6.19. The van der Waals surface area contributed by atoms with Crippen molar-refractivity contribution in [3.8, 4) is 0 Å². The molecule has 5 nitrogen and oxygen atoms in total. The van der Waals surface area contributed by atoms with Gasteiger partial charge in [0.1, 0.15) is 6.54 Å². The van der Waals surface area contributed by atoms with Gasteiger partial charge in [-0.25, -0.2) is 9.69 Å². The summed E-state index contributed by atoms with van der Waals surface area (Å²) in [6, 6.07) is 6.08. The molecule has 0 saturated carbocycles. The van der Waals surface area contributed by atoms with E-state index in [4.69, 9.17) is 0 Å². The Morgan fingerprint density at radius 1 is 1.18 bits per heavy atom. The molecule has 0 bridgehead atoms. The van der Waals surface area contributed by atoms with Gasteiger partial charge < -0.3 is 4.90 Å². The Balaban J connectivity index is 2.32. The van der Waals surface area contributed by atoms with Gasteiger partial charge in [-0.1, -0.05) is 0 Å². The first-order valence-electron chi connectivity index (χ1n) is 5.20. The van der Waals surface area contributed by atoms with Gasteiger partial charge in [0.05, 0.1) is 5.69 Å². The lowest BCUT2D eigenvalue weighted by atomic mass is 10.1. The van der Waals surface area contributed by atoms with Crippen molar-refractivity contribution in [1.29, 1.82) is 0 Å². The molecule has 0 atom stereocenters. The number of anilines is 1. The Bertz CT molecular complexity index is 493. The van der Waals surface area contributed by atoms with Crippen LogP contribution in [0.5, 0.6) is 0 Å². The molecule has 1 aromatic carbocycles. The maximum absolute atomic E-state index is 11.7. The van der Waals surface area contributed by atoms with Crippen molar-refractivity contribution in [1.82, 2.24) is 4.90 Å². The third-order valence-electron chi connectivity index (χ3n) is 2.67. The van der Waals surface area contributed by atoms with Crippen molar-refractivity contribution in [3.05, 3.63) is 29.8 Å². The quantitative estimate of drug-likeness (QED) is 0.570. The highest BCUT2D eigenvalue weighted by Gasteiger charge is 2.34. The fourth-order valence-electron chi connectivity index (χ4n) is 1.72. The van der Waals surface area contributed by atoms with Crippen molar-refractivity contribution in [3.63, 3.8) is 0 Å². The number of rotatable bonds is 2. The van der Waals surface area contributed by atoms with Crippen LogP contribution in [0.15, 0.2) is 24.3 Å². The fourth-order valence-corrected chi connectivity index (χ4v) is 1.72. The van der Waals surface area contributed by atoms with Crippen LogP contribution in [0.2, 0.25) is 0 Å². The molecule has 0 N–H and O–H groups in total. The first-order chi connectivity index (χ1) is 8.00. The van der Waals surface area contributed by atoms with Gasteiger partial charge in [0.2, 0.25) is 0 Å². The number of amides is 3. The third kappa shape index (κ3) is 1.91. The summed E-state index contributed by atoms with van der Waals surface area (Å²) in [6.45, 7) is 1.56. The molecular weight excluding hydrogens is 220 g/mol. The van der Waals surface area contributed by atoms with Crippen LogP contribution in [0, 0.1) is 0 Å². The molecule has 1 fully saturated rings. The summed E-state index contributed by atoms with van der Waals surface area (Å²) in [5, 5.41) is 0. The third-order valence-corrected chi connectivity index (χ3v) is 2.67. The maximum Gasteiger partial charge on any atom is 0.331 e. The number of nitrogens with zero attached hydrogens (tertiary/aromatic N) is 2. The van der Waals surface area contributed by atoms with Gasteiger partial charge in [-0.2, -0.15) is 0 Å². The average molecular weight is 232 g/mol. The second kappa shape index (κ2) is 4.01. The van der Waals surface area contributed by atoms with E-state index in [9.17, 15) is 14.4 Å². The standard InChI is InChI=1S/C12H12N2O3/c1-8(15)9-3-5-10(6-4-9)14-11(16)7-13(2)12(14)17/h3-6H,7H2,1-2H3. The van der Waals surface area contributed by atoms with Crippen LogP contribution in [-0.4, -0.2) is 36.2 Å². The van der Waals surface area contributed by atoms with Crippen molar-refractivity contribution < 1.29 is 14.4 Å². The molecule has 0 aromatic heterocycles. The minimum Gasteiger partial charge on any atom is -0.318 e. The van der Waals surface area contributed by atoms with E-state index in [1.807, 2.05) is 0 Å². The molecule has 1 aliphatic heterocycles. The van der Waals surface area contributed by atoms with Crippen LogP contribution >= 0.6 is 0 Å². The number of hydrogen-bond acceptors (Lipinski definition) is 3. The Hall–Kier alpha value is -2.17. The van der Waals surface area contributed by atoms with Crippen molar-refractivity contribution in [2.45, 2.75) is 6.92 Å².